The standard InChI is InChI=1S/C12H14FIN2O/c1-2-3-7-6-15-10-4-8(13)9(14)5-11(10)16-12(7)17/h4-5,7,15H,2-3,6H2,1H3,(H,16,17). The zero-order valence-corrected chi connectivity index (χ0v) is 11.7. The lowest BCUT2D eigenvalue weighted by atomic mass is 10.0. The molecule has 0 fully saturated rings. The zero-order chi connectivity index (χ0) is 12.4. The second-order valence-electron chi connectivity index (χ2n) is 4.17. The highest BCUT2D eigenvalue weighted by Crippen LogP contribution is 2.30. The summed E-state index contributed by atoms with van der Waals surface area (Å²) in [6.07, 6.45) is 1.80. The molecule has 1 aliphatic heterocycles. The number of halogens is 2. The van der Waals surface area contributed by atoms with Gasteiger partial charge in [-0.2, -0.15) is 0 Å². The normalized spacial score (nSPS) is 19.0. The minimum atomic E-state index is -0.264. The Kier molecular flexibility index (Phi) is 3.86. The van der Waals surface area contributed by atoms with Crippen molar-refractivity contribution in [1.29, 1.82) is 0 Å². The fourth-order valence-corrected chi connectivity index (χ4v) is 2.41. The molecule has 0 aromatic heterocycles. The van der Waals surface area contributed by atoms with Crippen LogP contribution in [0.5, 0.6) is 0 Å². The Morgan fingerprint density at radius 1 is 1.47 bits per heavy atom. The van der Waals surface area contributed by atoms with Crippen LogP contribution >= 0.6 is 22.6 Å². The lowest BCUT2D eigenvalue weighted by molar-refractivity contribution is -0.119. The van der Waals surface area contributed by atoms with Gasteiger partial charge in [0, 0.05) is 12.6 Å². The Hall–Kier alpha value is -0.850. The first-order valence-electron chi connectivity index (χ1n) is 5.65. The molecule has 1 unspecified atom stereocenters. The quantitative estimate of drug-likeness (QED) is 0.806. The van der Waals surface area contributed by atoms with Gasteiger partial charge < -0.3 is 10.6 Å². The predicted octanol–water partition coefficient (Wildman–Crippen LogP) is 3.21. The second-order valence-corrected chi connectivity index (χ2v) is 5.33. The molecule has 0 radical (unpaired) electrons. The largest absolute Gasteiger partial charge is 0.382 e. The maximum atomic E-state index is 13.4. The monoisotopic (exact) mass is 348 g/mol. The first-order valence-corrected chi connectivity index (χ1v) is 6.73. The summed E-state index contributed by atoms with van der Waals surface area (Å²) in [6.45, 7) is 2.61. The van der Waals surface area contributed by atoms with Crippen LogP contribution in [-0.2, 0) is 4.79 Å². The highest BCUT2D eigenvalue weighted by molar-refractivity contribution is 14.1. The second kappa shape index (κ2) is 5.20. The molecule has 0 spiro atoms. The molecule has 0 saturated carbocycles. The molecule has 1 heterocycles. The van der Waals surface area contributed by atoms with Gasteiger partial charge in [-0.15, -0.1) is 0 Å². The minimum absolute atomic E-state index is 0.0144. The van der Waals surface area contributed by atoms with Gasteiger partial charge in [-0.3, -0.25) is 4.79 Å². The molecule has 0 aliphatic carbocycles. The number of benzene rings is 1. The van der Waals surface area contributed by atoms with Crippen molar-refractivity contribution in [2.45, 2.75) is 19.8 Å². The van der Waals surface area contributed by atoms with E-state index in [9.17, 15) is 9.18 Å². The summed E-state index contributed by atoms with van der Waals surface area (Å²) in [4.78, 5) is 11.9. The molecule has 1 atom stereocenters. The predicted molar refractivity (Wildman–Crippen MR) is 74.6 cm³/mol. The van der Waals surface area contributed by atoms with Gasteiger partial charge in [0.1, 0.15) is 5.82 Å². The average molecular weight is 348 g/mol. The number of amides is 1. The van der Waals surface area contributed by atoms with Crippen LogP contribution in [0.3, 0.4) is 0 Å². The molecule has 1 amide bonds. The number of rotatable bonds is 2. The topological polar surface area (TPSA) is 41.1 Å². The highest BCUT2D eigenvalue weighted by atomic mass is 127. The third-order valence-electron chi connectivity index (χ3n) is 2.87. The van der Waals surface area contributed by atoms with Crippen LogP contribution in [0.2, 0.25) is 0 Å². The third-order valence-corrected chi connectivity index (χ3v) is 3.69. The van der Waals surface area contributed by atoms with Crippen molar-refractivity contribution in [2.24, 2.45) is 5.92 Å². The summed E-state index contributed by atoms with van der Waals surface area (Å²) in [5.74, 6) is -0.298. The van der Waals surface area contributed by atoms with E-state index in [0.29, 0.717) is 21.5 Å². The van der Waals surface area contributed by atoms with Crippen LogP contribution in [0.15, 0.2) is 12.1 Å². The molecule has 3 nitrogen and oxygen atoms in total. The minimum Gasteiger partial charge on any atom is -0.382 e. The summed E-state index contributed by atoms with van der Waals surface area (Å²) >= 11 is 1.92. The number of anilines is 2. The maximum absolute atomic E-state index is 13.4. The number of hydrogen-bond donors (Lipinski definition) is 2. The van der Waals surface area contributed by atoms with Gasteiger partial charge in [0.2, 0.25) is 5.91 Å². The Bertz CT molecular complexity index is 450. The molecule has 1 aromatic rings. The first-order chi connectivity index (χ1) is 8.11. The van der Waals surface area contributed by atoms with Gasteiger partial charge in [0.25, 0.3) is 0 Å². The van der Waals surface area contributed by atoms with Crippen molar-refractivity contribution in [1.82, 2.24) is 0 Å². The molecular weight excluding hydrogens is 334 g/mol. The van der Waals surface area contributed by atoms with Crippen molar-refractivity contribution in [2.75, 3.05) is 17.2 Å². The summed E-state index contributed by atoms with van der Waals surface area (Å²) < 4.78 is 13.9. The molecule has 2 N–H and O–H groups in total. The number of fused-ring (bicyclic) bond motifs is 1. The molecule has 0 saturated heterocycles. The van der Waals surface area contributed by atoms with Crippen LogP contribution in [0.4, 0.5) is 15.8 Å². The molecule has 92 valence electrons. The van der Waals surface area contributed by atoms with Crippen LogP contribution in [0, 0.1) is 15.3 Å². The zero-order valence-electron chi connectivity index (χ0n) is 9.52. The molecule has 1 aromatic carbocycles. The highest BCUT2D eigenvalue weighted by Gasteiger charge is 2.23. The summed E-state index contributed by atoms with van der Waals surface area (Å²) in [6, 6.07) is 3.09. The van der Waals surface area contributed by atoms with Gasteiger partial charge in [-0.05, 0) is 35.1 Å². The number of nitrogens with one attached hydrogen (secondary N) is 2. The van der Waals surface area contributed by atoms with E-state index in [4.69, 9.17) is 0 Å². The van der Waals surface area contributed by atoms with E-state index in [1.54, 1.807) is 6.07 Å². The molecule has 2 rings (SSSR count). The summed E-state index contributed by atoms with van der Waals surface area (Å²) in [5.41, 5.74) is 1.33. The van der Waals surface area contributed by atoms with Gasteiger partial charge in [-0.1, -0.05) is 13.3 Å². The smallest absolute Gasteiger partial charge is 0.229 e. The Balaban J connectivity index is 2.28. The van der Waals surface area contributed by atoms with Crippen molar-refractivity contribution in [3.05, 3.63) is 21.5 Å². The fourth-order valence-electron chi connectivity index (χ4n) is 1.94. The van der Waals surface area contributed by atoms with E-state index in [1.807, 2.05) is 29.5 Å². The van der Waals surface area contributed by atoms with Crippen molar-refractivity contribution >= 4 is 39.9 Å². The fraction of sp³-hybridized carbons (Fsp3) is 0.417. The van der Waals surface area contributed by atoms with E-state index < -0.39 is 0 Å². The number of carbonyl (C=O) groups is 1. The number of hydrogen-bond acceptors (Lipinski definition) is 2. The van der Waals surface area contributed by atoms with E-state index in [2.05, 4.69) is 10.6 Å². The van der Waals surface area contributed by atoms with E-state index in [1.165, 1.54) is 6.07 Å². The maximum Gasteiger partial charge on any atom is 0.229 e. The van der Waals surface area contributed by atoms with E-state index in [-0.39, 0.29) is 17.6 Å². The molecule has 5 heteroatoms. The number of carbonyl (C=O) groups excluding carboxylic acids is 1. The lowest BCUT2D eigenvalue weighted by Crippen LogP contribution is -2.25. The van der Waals surface area contributed by atoms with Gasteiger partial charge >= 0.3 is 0 Å². The Morgan fingerprint density at radius 3 is 2.94 bits per heavy atom. The van der Waals surface area contributed by atoms with E-state index >= 15 is 0 Å². The summed E-state index contributed by atoms with van der Waals surface area (Å²) in [5, 5.41) is 5.98. The van der Waals surface area contributed by atoms with Crippen molar-refractivity contribution in [3.63, 3.8) is 0 Å². The SMILES string of the molecule is CCCC1CNc2cc(F)c(I)cc2NC1=O. The molecule has 1 aliphatic rings. The van der Waals surface area contributed by atoms with Crippen molar-refractivity contribution in [3.8, 4) is 0 Å². The third kappa shape index (κ3) is 2.70. The van der Waals surface area contributed by atoms with Gasteiger partial charge in [-0.25, -0.2) is 4.39 Å². The average Bonchev–Trinajstić information content (AvgIpc) is 2.42. The first kappa shape index (κ1) is 12.6. The van der Waals surface area contributed by atoms with E-state index in [0.717, 1.165) is 12.8 Å². The molecule has 0 bridgehead atoms. The van der Waals surface area contributed by atoms with Crippen LogP contribution in [0.1, 0.15) is 19.8 Å². The Labute approximate surface area is 113 Å². The van der Waals surface area contributed by atoms with Crippen LogP contribution < -0.4 is 10.6 Å². The van der Waals surface area contributed by atoms with Crippen LogP contribution in [0.25, 0.3) is 0 Å². The Morgan fingerprint density at radius 2 is 2.24 bits per heavy atom. The van der Waals surface area contributed by atoms with Crippen LogP contribution in [-0.4, -0.2) is 12.5 Å². The molecular formula is C12H14FIN2O. The lowest BCUT2D eigenvalue weighted by Gasteiger charge is -2.11. The van der Waals surface area contributed by atoms with Gasteiger partial charge in [0.05, 0.1) is 20.9 Å². The van der Waals surface area contributed by atoms with Gasteiger partial charge in [0.15, 0.2) is 0 Å². The molecule has 17 heavy (non-hydrogen) atoms. The van der Waals surface area contributed by atoms with Crippen molar-refractivity contribution < 1.29 is 9.18 Å². The summed E-state index contributed by atoms with van der Waals surface area (Å²) in [7, 11) is 0.